The molecule has 0 aromatic heterocycles. The van der Waals surface area contributed by atoms with E-state index in [0.717, 1.165) is 18.8 Å². The Balaban J connectivity index is 1.42. The predicted molar refractivity (Wildman–Crippen MR) is 124 cm³/mol. The van der Waals surface area contributed by atoms with Gasteiger partial charge >= 0.3 is 0 Å². The van der Waals surface area contributed by atoms with Gasteiger partial charge in [-0.15, -0.1) is 0 Å². The Labute approximate surface area is 196 Å². The number of piperazine rings is 2. The van der Waals surface area contributed by atoms with Crippen LogP contribution in [0.1, 0.15) is 16.8 Å². The number of para-hydroxylation sites is 1. The molecule has 2 aromatic rings. The highest BCUT2D eigenvalue weighted by Crippen LogP contribution is 2.24. The Kier molecular flexibility index (Phi) is 6.86. The third-order valence-corrected chi connectivity index (χ3v) is 6.42. The molecule has 2 aliphatic rings. The number of hydrogen-bond acceptors (Lipinski definition) is 4. The summed E-state index contributed by atoms with van der Waals surface area (Å²) >= 11 is 12.1. The maximum atomic E-state index is 13.1. The van der Waals surface area contributed by atoms with Gasteiger partial charge in [0.15, 0.2) is 0 Å². The van der Waals surface area contributed by atoms with E-state index in [1.165, 1.54) is 11.0 Å². The van der Waals surface area contributed by atoms with Crippen molar-refractivity contribution in [2.75, 3.05) is 44.2 Å². The molecule has 0 unspecified atom stereocenters. The average molecular weight is 475 g/mol. The average Bonchev–Trinajstić information content (AvgIpc) is 2.80. The lowest BCUT2D eigenvalue weighted by Gasteiger charge is -2.39. The zero-order valence-corrected chi connectivity index (χ0v) is 19.0. The van der Waals surface area contributed by atoms with E-state index < -0.39 is 6.04 Å². The number of amides is 3. The van der Waals surface area contributed by atoms with Crippen molar-refractivity contribution >= 4 is 46.6 Å². The van der Waals surface area contributed by atoms with Crippen molar-refractivity contribution in [3.8, 4) is 0 Å². The van der Waals surface area contributed by atoms with Crippen LogP contribution in [0.25, 0.3) is 0 Å². The van der Waals surface area contributed by atoms with Gasteiger partial charge in [-0.3, -0.25) is 14.4 Å². The van der Waals surface area contributed by atoms with Crippen LogP contribution in [0.4, 0.5) is 5.69 Å². The number of halogens is 2. The normalized spacial score (nSPS) is 19.0. The molecule has 168 valence electrons. The van der Waals surface area contributed by atoms with Crippen LogP contribution in [0, 0.1) is 0 Å². The fourth-order valence-electron chi connectivity index (χ4n) is 4.13. The third-order valence-electron chi connectivity index (χ3n) is 5.87. The van der Waals surface area contributed by atoms with Crippen LogP contribution in [0.15, 0.2) is 48.5 Å². The Bertz CT molecular complexity index is 1010. The minimum absolute atomic E-state index is 0.0614. The molecule has 4 rings (SSSR count). The second-order valence-corrected chi connectivity index (χ2v) is 8.68. The summed E-state index contributed by atoms with van der Waals surface area (Å²) in [6.07, 6.45) is -0.0614. The predicted octanol–water partition coefficient (Wildman–Crippen LogP) is 2.67. The third kappa shape index (κ3) is 4.84. The van der Waals surface area contributed by atoms with Gasteiger partial charge in [-0.1, -0.05) is 41.4 Å². The monoisotopic (exact) mass is 474 g/mol. The molecule has 2 fully saturated rings. The van der Waals surface area contributed by atoms with Crippen LogP contribution >= 0.6 is 23.2 Å². The molecule has 7 nitrogen and oxygen atoms in total. The molecule has 9 heteroatoms. The van der Waals surface area contributed by atoms with Gasteiger partial charge in [0.2, 0.25) is 11.8 Å². The number of benzene rings is 2. The van der Waals surface area contributed by atoms with E-state index in [0.29, 0.717) is 31.2 Å². The largest absolute Gasteiger partial charge is 0.368 e. The minimum atomic E-state index is -0.873. The van der Waals surface area contributed by atoms with Gasteiger partial charge in [0, 0.05) is 50.0 Å². The Morgan fingerprint density at radius 3 is 2.38 bits per heavy atom. The molecule has 3 amide bonds. The van der Waals surface area contributed by atoms with Gasteiger partial charge in [0.1, 0.15) is 6.04 Å². The molecule has 1 N–H and O–H groups in total. The highest BCUT2D eigenvalue weighted by molar-refractivity contribution is 6.36. The van der Waals surface area contributed by atoms with Crippen molar-refractivity contribution in [2.24, 2.45) is 0 Å². The topological polar surface area (TPSA) is 73.0 Å². The summed E-state index contributed by atoms with van der Waals surface area (Å²) in [6.45, 7) is 3.21. The van der Waals surface area contributed by atoms with Gasteiger partial charge in [0.05, 0.1) is 17.0 Å². The summed E-state index contributed by atoms with van der Waals surface area (Å²) in [4.78, 5) is 44.2. The summed E-state index contributed by atoms with van der Waals surface area (Å²) in [5, 5.41) is 3.40. The molecule has 0 spiro atoms. The number of hydrogen-bond donors (Lipinski definition) is 1. The Hall–Kier alpha value is -2.77. The zero-order chi connectivity index (χ0) is 22.7. The molecule has 2 saturated heterocycles. The molecule has 0 bridgehead atoms. The van der Waals surface area contributed by atoms with Gasteiger partial charge in [-0.05, 0) is 30.3 Å². The quantitative estimate of drug-likeness (QED) is 0.738. The lowest BCUT2D eigenvalue weighted by molar-refractivity contribution is -0.138. The van der Waals surface area contributed by atoms with Crippen LogP contribution in [-0.2, 0) is 9.59 Å². The van der Waals surface area contributed by atoms with Crippen molar-refractivity contribution in [3.63, 3.8) is 0 Å². The minimum Gasteiger partial charge on any atom is -0.368 e. The number of rotatable bonds is 4. The first-order chi connectivity index (χ1) is 15.4. The van der Waals surface area contributed by atoms with Crippen LogP contribution < -0.4 is 10.2 Å². The molecular formula is C23H24Cl2N4O3. The summed E-state index contributed by atoms with van der Waals surface area (Å²) < 4.78 is 0. The fourth-order valence-corrected chi connectivity index (χ4v) is 4.62. The van der Waals surface area contributed by atoms with E-state index >= 15 is 0 Å². The fraction of sp³-hybridized carbons (Fsp3) is 0.348. The van der Waals surface area contributed by atoms with E-state index in [2.05, 4.69) is 22.3 Å². The highest BCUT2D eigenvalue weighted by atomic mass is 35.5. The summed E-state index contributed by atoms with van der Waals surface area (Å²) in [5.74, 6) is -0.848. The molecule has 0 saturated carbocycles. The first-order valence-electron chi connectivity index (χ1n) is 10.6. The Morgan fingerprint density at radius 1 is 0.969 bits per heavy atom. The van der Waals surface area contributed by atoms with E-state index in [4.69, 9.17) is 23.2 Å². The number of nitrogens with zero attached hydrogens (tertiary/aromatic N) is 3. The van der Waals surface area contributed by atoms with Crippen LogP contribution in [0.3, 0.4) is 0 Å². The molecule has 1 atom stereocenters. The van der Waals surface area contributed by atoms with E-state index in [1.807, 2.05) is 18.2 Å². The van der Waals surface area contributed by atoms with Crippen molar-refractivity contribution in [1.82, 2.24) is 15.1 Å². The van der Waals surface area contributed by atoms with E-state index in [-0.39, 0.29) is 34.7 Å². The van der Waals surface area contributed by atoms with Crippen molar-refractivity contribution < 1.29 is 14.4 Å². The lowest BCUT2D eigenvalue weighted by Crippen LogP contribution is -2.59. The highest BCUT2D eigenvalue weighted by Gasteiger charge is 2.37. The maximum Gasteiger partial charge on any atom is 0.256 e. The number of anilines is 1. The molecule has 2 heterocycles. The first-order valence-corrected chi connectivity index (χ1v) is 11.3. The van der Waals surface area contributed by atoms with Crippen molar-refractivity contribution in [3.05, 3.63) is 64.1 Å². The standard InChI is InChI=1S/C23H24Cl2N4O3/c24-16-6-7-18(19(25)14-16)23(32)29-9-8-26-22(31)20(29)15-21(30)28-12-10-27(11-13-28)17-4-2-1-3-5-17/h1-7,14,20H,8-13,15H2,(H,26,31)/t20-/m0/s1. The van der Waals surface area contributed by atoms with Gasteiger partial charge in [-0.25, -0.2) is 0 Å². The summed E-state index contributed by atoms with van der Waals surface area (Å²) in [5.41, 5.74) is 1.39. The van der Waals surface area contributed by atoms with Crippen LogP contribution in [0.5, 0.6) is 0 Å². The second kappa shape index (κ2) is 9.79. The first kappa shape index (κ1) is 22.4. The lowest BCUT2D eigenvalue weighted by atomic mass is 10.0. The van der Waals surface area contributed by atoms with Crippen LogP contribution in [-0.4, -0.2) is 72.8 Å². The molecule has 2 aromatic carbocycles. The van der Waals surface area contributed by atoms with Gasteiger partial charge < -0.3 is 20.0 Å². The van der Waals surface area contributed by atoms with E-state index in [1.54, 1.807) is 17.0 Å². The second-order valence-electron chi connectivity index (χ2n) is 7.84. The summed E-state index contributed by atoms with van der Waals surface area (Å²) in [7, 11) is 0. The Morgan fingerprint density at radius 2 is 1.69 bits per heavy atom. The number of carbonyl (C=O) groups is 3. The molecular weight excluding hydrogens is 451 g/mol. The zero-order valence-electron chi connectivity index (χ0n) is 17.5. The molecule has 32 heavy (non-hydrogen) atoms. The summed E-state index contributed by atoms with van der Waals surface area (Å²) in [6, 6.07) is 13.8. The van der Waals surface area contributed by atoms with Gasteiger partial charge in [-0.2, -0.15) is 0 Å². The maximum absolute atomic E-state index is 13.1. The molecule has 0 aliphatic carbocycles. The van der Waals surface area contributed by atoms with E-state index in [9.17, 15) is 14.4 Å². The number of nitrogens with one attached hydrogen (secondary N) is 1. The van der Waals surface area contributed by atoms with Crippen LogP contribution in [0.2, 0.25) is 10.0 Å². The number of carbonyl (C=O) groups excluding carboxylic acids is 3. The van der Waals surface area contributed by atoms with Gasteiger partial charge in [0.25, 0.3) is 5.91 Å². The molecule has 2 aliphatic heterocycles. The molecule has 0 radical (unpaired) electrons. The van der Waals surface area contributed by atoms with Crippen molar-refractivity contribution in [1.29, 1.82) is 0 Å². The SMILES string of the molecule is O=C1NCCN(C(=O)c2ccc(Cl)cc2Cl)[C@H]1CC(=O)N1CCN(c2ccccc2)CC1. The van der Waals surface area contributed by atoms with Crippen molar-refractivity contribution in [2.45, 2.75) is 12.5 Å². The smallest absolute Gasteiger partial charge is 0.256 e.